The van der Waals surface area contributed by atoms with Gasteiger partial charge < -0.3 is 20.2 Å². The number of para-hydroxylation sites is 1. The zero-order valence-corrected chi connectivity index (χ0v) is 16.1. The first-order valence-corrected chi connectivity index (χ1v) is 9.26. The van der Waals surface area contributed by atoms with Gasteiger partial charge in [0, 0.05) is 11.8 Å². The van der Waals surface area contributed by atoms with Crippen molar-refractivity contribution >= 4 is 28.8 Å². The van der Waals surface area contributed by atoms with Gasteiger partial charge in [-0.25, -0.2) is 9.59 Å². The normalized spacial score (nSPS) is 12.7. The average Bonchev–Trinajstić information content (AvgIpc) is 2.73. The number of rotatable bonds is 7. The van der Waals surface area contributed by atoms with E-state index in [1.165, 1.54) is 13.0 Å². The van der Waals surface area contributed by atoms with E-state index in [9.17, 15) is 24.3 Å². The molecular formula is C22H20N2O6. The molecule has 8 nitrogen and oxygen atoms in total. The third kappa shape index (κ3) is 4.91. The van der Waals surface area contributed by atoms with Gasteiger partial charge in [-0.1, -0.05) is 48.5 Å². The lowest BCUT2D eigenvalue weighted by molar-refractivity contribution is -0.142. The predicted octanol–water partition coefficient (Wildman–Crippen LogP) is 1.72. The van der Waals surface area contributed by atoms with E-state index in [1.54, 1.807) is 54.6 Å². The number of carboxylic acid groups (broad SMARTS) is 1. The molecule has 8 heteroatoms. The zero-order chi connectivity index (χ0) is 21.7. The van der Waals surface area contributed by atoms with Crippen LogP contribution in [0, 0.1) is 0 Å². The van der Waals surface area contributed by atoms with E-state index in [4.69, 9.17) is 4.42 Å². The molecule has 0 saturated carbocycles. The molecule has 2 aromatic carbocycles. The molecule has 2 atom stereocenters. The summed E-state index contributed by atoms with van der Waals surface area (Å²) in [4.78, 5) is 48.5. The van der Waals surface area contributed by atoms with E-state index in [-0.39, 0.29) is 12.0 Å². The van der Waals surface area contributed by atoms with Crippen LogP contribution in [0.5, 0.6) is 0 Å². The van der Waals surface area contributed by atoms with E-state index in [1.807, 2.05) is 0 Å². The SMILES string of the molecule is C[C@H](NC(=O)c1cc2ccccc2oc1=O)C(=O)N[C@H](Cc1ccccc1)C(=O)O. The number of fused-ring (bicyclic) bond motifs is 1. The number of hydrogen-bond donors (Lipinski definition) is 3. The molecule has 0 aliphatic rings. The number of benzene rings is 2. The minimum Gasteiger partial charge on any atom is -0.480 e. The largest absolute Gasteiger partial charge is 0.480 e. The van der Waals surface area contributed by atoms with Crippen LogP contribution in [0.2, 0.25) is 0 Å². The molecule has 0 fully saturated rings. The van der Waals surface area contributed by atoms with Crippen molar-refractivity contribution in [3.05, 3.63) is 82.2 Å². The summed E-state index contributed by atoms with van der Waals surface area (Å²) in [5.74, 6) is -2.66. The highest BCUT2D eigenvalue weighted by molar-refractivity contribution is 5.99. The van der Waals surface area contributed by atoms with Gasteiger partial charge in [-0.2, -0.15) is 0 Å². The van der Waals surface area contributed by atoms with E-state index in [0.717, 1.165) is 5.56 Å². The van der Waals surface area contributed by atoms with Crippen LogP contribution in [0.25, 0.3) is 11.0 Å². The molecular weight excluding hydrogens is 388 g/mol. The molecule has 1 heterocycles. The van der Waals surface area contributed by atoms with Gasteiger partial charge >= 0.3 is 11.6 Å². The van der Waals surface area contributed by atoms with Crippen LogP contribution in [-0.2, 0) is 16.0 Å². The Balaban J connectivity index is 1.68. The zero-order valence-electron chi connectivity index (χ0n) is 16.1. The molecule has 3 rings (SSSR count). The number of carboxylic acids is 1. The van der Waals surface area contributed by atoms with E-state index < -0.39 is 35.5 Å². The van der Waals surface area contributed by atoms with Crippen LogP contribution < -0.4 is 16.3 Å². The van der Waals surface area contributed by atoms with Gasteiger partial charge in [0.05, 0.1) is 0 Å². The Morgan fingerprint density at radius 1 is 1.00 bits per heavy atom. The van der Waals surface area contributed by atoms with Crippen molar-refractivity contribution in [3.63, 3.8) is 0 Å². The van der Waals surface area contributed by atoms with Crippen molar-refractivity contribution in [3.8, 4) is 0 Å². The van der Waals surface area contributed by atoms with Gasteiger partial charge in [0.25, 0.3) is 5.91 Å². The van der Waals surface area contributed by atoms with Crippen molar-refractivity contribution in [1.82, 2.24) is 10.6 Å². The molecule has 1 aromatic heterocycles. The quantitative estimate of drug-likeness (QED) is 0.511. The lowest BCUT2D eigenvalue weighted by Gasteiger charge is -2.18. The maximum Gasteiger partial charge on any atom is 0.349 e. The number of nitrogens with one attached hydrogen (secondary N) is 2. The molecule has 30 heavy (non-hydrogen) atoms. The van der Waals surface area contributed by atoms with Crippen LogP contribution in [0.15, 0.2) is 69.9 Å². The highest BCUT2D eigenvalue weighted by atomic mass is 16.4. The molecule has 0 aliphatic carbocycles. The lowest BCUT2D eigenvalue weighted by Crippen LogP contribution is -2.51. The summed E-state index contributed by atoms with van der Waals surface area (Å²) in [5, 5.41) is 14.8. The Hall–Kier alpha value is -3.94. The molecule has 0 radical (unpaired) electrons. The Morgan fingerprint density at radius 2 is 1.67 bits per heavy atom. The van der Waals surface area contributed by atoms with Crippen LogP contribution in [0.3, 0.4) is 0 Å². The van der Waals surface area contributed by atoms with Crippen molar-refractivity contribution in [1.29, 1.82) is 0 Å². The number of aliphatic carboxylic acids is 1. The van der Waals surface area contributed by atoms with Gasteiger partial charge in [-0.3, -0.25) is 9.59 Å². The monoisotopic (exact) mass is 408 g/mol. The average molecular weight is 408 g/mol. The summed E-state index contributed by atoms with van der Waals surface area (Å²) in [7, 11) is 0. The standard InChI is InChI=1S/C22H20N2O6/c1-13(19(25)24-17(21(27)28)11-14-7-3-2-4-8-14)23-20(26)16-12-15-9-5-6-10-18(15)30-22(16)29/h2-10,12-13,17H,11H2,1H3,(H,23,26)(H,24,25)(H,27,28)/t13-,17+/m0/s1. The second-order valence-electron chi connectivity index (χ2n) is 6.77. The summed E-state index contributed by atoms with van der Waals surface area (Å²) < 4.78 is 5.12. The molecule has 0 aliphatic heterocycles. The fourth-order valence-electron chi connectivity index (χ4n) is 2.91. The van der Waals surface area contributed by atoms with Gasteiger partial charge in [0.15, 0.2) is 0 Å². The summed E-state index contributed by atoms with van der Waals surface area (Å²) >= 11 is 0. The van der Waals surface area contributed by atoms with Crippen molar-refractivity contribution < 1.29 is 23.9 Å². The number of amides is 2. The van der Waals surface area contributed by atoms with E-state index in [0.29, 0.717) is 11.0 Å². The van der Waals surface area contributed by atoms with Gasteiger partial charge in [-0.05, 0) is 24.6 Å². The third-order valence-electron chi connectivity index (χ3n) is 4.52. The Morgan fingerprint density at radius 3 is 2.37 bits per heavy atom. The molecule has 0 bridgehead atoms. The Kier molecular flexibility index (Phi) is 6.26. The van der Waals surface area contributed by atoms with Crippen LogP contribution in [-0.4, -0.2) is 35.0 Å². The summed E-state index contributed by atoms with van der Waals surface area (Å²) in [6.07, 6.45) is 0.0941. The van der Waals surface area contributed by atoms with E-state index >= 15 is 0 Å². The predicted molar refractivity (Wildman–Crippen MR) is 109 cm³/mol. The highest BCUT2D eigenvalue weighted by Gasteiger charge is 2.25. The first-order chi connectivity index (χ1) is 14.3. The van der Waals surface area contributed by atoms with Crippen LogP contribution >= 0.6 is 0 Å². The van der Waals surface area contributed by atoms with Gasteiger partial charge in [-0.15, -0.1) is 0 Å². The summed E-state index contributed by atoms with van der Waals surface area (Å²) in [6, 6.07) is 14.7. The van der Waals surface area contributed by atoms with Crippen LogP contribution in [0.4, 0.5) is 0 Å². The molecule has 0 spiro atoms. The first-order valence-electron chi connectivity index (χ1n) is 9.26. The smallest absolute Gasteiger partial charge is 0.349 e. The Labute approximate surface area is 171 Å². The van der Waals surface area contributed by atoms with Crippen LogP contribution in [0.1, 0.15) is 22.8 Å². The molecule has 154 valence electrons. The number of carbonyl (C=O) groups is 3. The highest BCUT2D eigenvalue weighted by Crippen LogP contribution is 2.12. The fourth-order valence-corrected chi connectivity index (χ4v) is 2.91. The summed E-state index contributed by atoms with van der Waals surface area (Å²) in [6.45, 7) is 1.40. The van der Waals surface area contributed by atoms with Crippen molar-refractivity contribution in [2.75, 3.05) is 0 Å². The van der Waals surface area contributed by atoms with Crippen molar-refractivity contribution in [2.24, 2.45) is 0 Å². The molecule has 0 unspecified atom stereocenters. The molecule has 0 saturated heterocycles. The first kappa shape index (κ1) is 20.8. The third-order valence-corrected chi connectivity index (χ3v) is 4.52. The topological polar surface area (TPSA) is 126 Å². The summed E-state index contributed by atoms with van der Waals surface area (Å²) in [5.41, 5.74) is 0.0180. The molecule has 2 amide bonds. The molecule has 3 aromatic rings. The lowest BCUT2D eigenvalue weighted by atomic mass is 10.1. The minimum absolute atomic E-state index is 0.0941. The second-order valence-corrected chi connectivity index (χ2v) is 6.77. The number of carbonyl (C=O) groups excluding carboxylic acids is 2. The maximum atomic E-state index is 12.5. The van der Waals surface area contributed by atoms with Crippen molar-refractivity contribution in [2.45, 2.75) is 25.4 Å². The van der Waals surface area contributed by atoms with Gasteiger partial charge in [0.2, 0.25) is 5.91 Å². The number of hydrogen-bond acceptors (Lipinski definition) is 5. The minimum atomic E-state index is -1.19. The Bertz CT molecular complexity index is 1140. The maximum absolute atomic E-state index is 12.5. The second kappa shape index (κ2) is 9.04. The van der Waals surface area contributed by atoms with E-state index in [2.05, 4.69) is 10.6 Å². The fraction of sp³-hybridized carbons (Fsp3) is 0.182. The van der Waals surface area contributed by atoms with Gasteiger partial charge in [0.1, 0.15) is 23.2 Å². The molecule has 3 N–H and O–H groups in total.